The van der Waals surface area contributed by atoms with E-state index in [0.29, 0.717) is 37.6 Å². The number of fused-ring (bicyclic) bond motifs is 2. The largest absolute Gasteiger partial charge is 0.456 e. The molecular weight excluding hydrogens is 605 g/mol. The number of halogens is 3. The molecule has 0 spiro atoms. The molecule has 4 aromatic heterocycles. The monoisotopic (exact) mass is 640 g/mol. The molecule has 1 N–H and O–H groups in total. The molecule has 0 radical (unpaired) electrons. The molecule has 46 heavy (non-hydrogen) atoms. The van der Waals surface area contributed by atoms with Crippen LogP contribution in [-0.4, -0.2) is 78.5 Å². The standard InChI is InChI=1S/C32H35F3N6O5/c1-19(32(33,34)35)22(23-18-45-28-25(42)16-26(46-27(23)28)40-11-13-44-14-12-40)9-6-10-36-31-37-17-20-15-24(30(43)39(2)3)41(29(20)38-31)21-7-4-5-8-21/h6,9,15-18,21H,4-5,7-8,10-14H2,1-3H3,(H,36,37,38)/b9-6-,22-19-. The van der Waals surface area contributed by atoms with Gasteiger partial charge in [0.2, 0.25) is 17.0 Å². The number of alkyl halides is 3. The number of carbonyl (C=O) groups excluding carboxylic acids is 1. The molecule has 1 amide bonds. The lowest BCUT2D eigenvalue weighted by molar-refractivity contribution is -0.0906. The normalized spacial score (nSPS) is 17.0. The summed E-state index contributed by atoms with van der Waals surface area (Å²) in [5.74, 6) is 0.385. The highest BCUT2D eigenvalue weighted by molar-refractivity contribution is 5.98. The van der Waals surface area contributed by atoms with Crippen LogP contribution in [0.3, 0.4) is 0 Å². The Hall–Kier alpha value is -4.59. The van der Waals surface area contributed by atoms with Crippen LogP contribution in [0.2, 0.25) is 0 Å². The van der Waals surface area contributed by atoms with Gasteiger partial charge in [-0.25, -0.2) is 4.98 Å². The number of ether oxygens (including phenoxy) is 1. The first-order chi connectivity index (χ1) is 22.0. The highest BCUT2D eigenvalue weighted by Crippen LogP contribution is 2.37. The number of morpholine rings is 1. The number of hydrogen-bond acceptors (Lipinski definition) is 9. The van der Waals surface area contributed by atoms with Crippen LogP contribution in [0.15, 0.2) is 55.9 Å². The van der Waals surface area contributed by atoms with Crippen molar-refractivity contribution >= 4 is 45.5 Å². The Labute approximate surface area is 262 Å². The Morgan fingerprint density at radius 2 is 1.89 bits per heavy atom. The fourth-order valence-electron chi connectivity index (χ4n) is 5.97. The molecule has 0 atom stereocenters. The molecule has 1 saturated carbocycles. The van der Waals surface area contributed by atoms with Crippen molar-refractivity contribution in [3.63, 3.8) is 0 Å². The van der Waals surface area contributed by atoms with E-state index in [0.717, 1.165) is 44.3 Å². The number of anilines is 2. The number of nitrogens with one attached hydrogen (secondary N) is 1. The van der Waals surface area contributed by atoms with Crippen LogP contribution in [0.4, 0.5) is 25.0 Å². The summed E-state index contributed by atoms with van der Waals surface area (Å²) in [6, 6.07) is 3.22. The van der Waals surface area contributed by atoms with E-state index in [1.807, 2.05) is 4.57 Å². The van der Waals surface area contributed by atoms with E-state index in [1.54, 1.807) is 31.3 Å². The van der Waals surface area contributed by atoms with Gasteiger partial charge in [-0.2, -0.15) is 18.2 Å². The first kappa shape index (κ1) is 31.4. The molecule has 0 unspecified atom stereocenters. The van der Waals surface area contributed by atoms with Gasteiger partial charge in [0.1, 0.15) is 17.6 Å². The number of furan rings is 1. The second-order valence-corrected chi connectivity index (χ2v) is 11.7. The quantitative estimate of drug-likeness (QED) is 0.239. The van der Waals surface area contributed by atoms with Gasteiger partial charge in [0.05, 0.1) is 24.8 Å². The van der Waals surface area contributed by atoms with Crippen LogP contribution < -0.4 is 15.6 Å². The highest BCUT2D eigenvalue weighted by atomic mass is 19.4. The van der Waals surface area contributed by atoms with Gasteiger partial charge in [0.25, 0.3) is 5.91 Å². The summed E-state index contributed by atoms with van der Waals surface area (Å²) in [7, 11) is 3.41. The maximum absolute atomic E-state index is 14.0. The molecule has 2 aliphatic rings. The van der Waals surface area contributed by atoms with Crippen molar-refractivity contribution in [3.8, 4) is 0 Å². The maximum atomic E-state index is 14.0. The SMILES string of the molecule is C/C(=C(\C=C/CNc1ncc2cc(C(=O)N(C)C)n(C3CCCC3)c2n1)c1coc2c(=O)cc(N3CCOCC3)oc12)C(F)(F)F. The molecule has 1 saturated heterocycles. The third kappa shape index (κ3) is 6.13. The summed E-state index contributed by atoms with van der Waals surface area (Å²) in [5, 5.41) is 3.79. The second kappa shape index (κ2) is 12.7. The van der Waals surface area contributed by atoms with Gasteiger partial charge in [0, 0.05) is 56.9 Å². The number of hydrogen-bond donors (Lipinski definition) is 1. The molecule has 0 aromatic carbocycles. The molecule has 1 aliphatic heterocycles. The Kier molecular flexibility index (Phi) is 8.64. The maximum Gasteiger partial charge on any atom is 0.413 e. The van der Waals surface area contributed by atoms with Gasteiger partial charge < -0.3 is 33.3 Å². The number of rotatable bonds is 8. The molecule has 6 rings (SSSR count). The fraction of sp³-hybridized carbons (Fsp3) is 0.438. The second-order valence-electron chi connectivity index (χ2n) is 11.7. The van der Waals surface area contributed by atoms with E-state index in [1.165, 1.54) is 23.1 Å². The van der Waals surface area contributed by atoms with Crippen molar-refractivity contribution in [2.75, 3.05) is 57.2 Å². The lowest BCUT2D eigenvalue weighted by Gasteiger charge is -2.27. The summed E-state index contributed by atoms with van der Waals surface area (Å²) in [6.45, 7) is 2.89. The van der Waals surface area contributed by atoms with Gasteiger partial charge in [-0.1, -0.05) is 25.0 Å². The zero-order valence-corrected chi connectivity index (χ0v) is 25.8. The lowest BCUT2D eigenvalue weighted by Crippen LogP contribution is -2.36. The van der Waals surface area contributed by atoms with Crippen molar-refractivity contribution in [1.82, 2.24) is 19.4 Å². The van der Waals surface area contributed by atoms with Crippen molar-refractivity contribution < 1.29 is 31.5 Å². The smallest absolute Gasteiger partial charge is 0.413 e. The van der Waals surface area contributed by atoms with Crippen LogP contribution in [0, 0.1) is 0 Å². The van der Waals surface area contributed by atoms with Gasteiger partial charge in [-0.3, -0.25) is 9.59 Å². The predicted octanol–water partition coefficient (Wildman–Crippen LogP) is 5.79. The number of amides is 1. The van der Waals surface area contributed by atoms with Crippen LogP contribution >= 0.6 is 0 Å². The summed E-state index contributed by atoms with van der Waals surface area (Å²) < 4.78 is 60.9. The van der Waals surface area contributed by atoms with Crippen LogP contribution in [0.25, 0.3) is 27.8 Å². The Bertz CT molecular complexity index is 1870. The average Bonchev–Trinajstić information content (AvgIpc) is 3.79. The van der Waals surface area contributed by atoms with E-state index in [-0.39, 0.29) is 52.6 Å². The Balaban J connectivity index is 1.30. The Morgan fingerprint density at radius 3 is 2.59 bits per heavy atom. The first-order valence-corrected chi connectivity index (χ1v) is 15.2. The Morgan fingerprint density at radius 1 is 1.15 bits per heavy atom. The van der Waals surface area contributed by atoms with E-state index in [9.17, 15) is 22.8 Å². The zero-order chi connectivity index (χ0) is 32.6. The van der Waals surface area contributed by atoms with E-state index in [4.69, 9.17) is 18.6 Å². The van der Waals surface area contributed by atoms with Crippen molar-refractivity contribution in [3.05, 3.63) is 63.8 Å². The van der Waals surface area contributed by atoms with Crippen molar-refractivity contribution in [2.45, 2.75) is 44.8 Å². The molecule has 5 heterocycles. The molecule has 1 aliphatic carbocycles. The number of nitrogens with zero attached hydrogens (tertiary/aromatic N) is 5. The fourth-order valence-corrected chi connectivity index (χ4v) is 5.97. The van der Waals surface area contributed by atoms with E-state index >= 15 is 0 Å². The topological polar surface area (TPSA) is 119 Å². The van der Waals surface area contributed by atoms with Crippen molar-refractivity contribution in [2.24, 2.45) is 0 Å². The molecule has 2 fully saturated rings. The molecule has 14 heteroatoms. The minimum absolute atomic E-state index is 0.0124. The molecule has 4 aromatic rings. The predicted molar refractivity (Wildman–Crippen MR) is 167 cm³/mol. The third-order valence-electron chi connectivity index (χ3n) is 8.43. The van der Waals surface area contributed by atoms with Crippen LogP contribution in [-0.2, 0) is 4.74 Å². The molecule has 11 nitrogen and oxygen atoms in total. The van der Waals surface area contributed by atoms with Gasteiger partial charge in [-0.05, 0) is 31.4 Å². The minimum atomic E-state index is -4.65. The highest BCUT2D eigenvalue weighted by Gasteiger charge is 2.34. The summed E-state index contributed by atoms with van der Waals surface area (Å²) in [5.41, 5.74) is -0.605. The summed E-state index contributed by atoms with van der Waals surface area (Å²) >= 11 is 0. The lowest BCUT2D eigenvalue weighted by atomic mass is 10.0. The van der Waals surface area contributed by atoms with Crippen LogP contribution in [0.5, 0.6) is 0 Å². The zero-order valence-electron chi connectivity index (χ0n) is 25.8. The molecule has 244 valence electrons. The number of allylic oxidation sites excluding steroid dienone is 3. The minimum Gasteiger partial charge on any atom is -0.456 e. The van der Waals surface area contributed by atoms with E-state index < -0.39 is 17.2 Å². The van der Waals surface area contributed by atoms with Gasteiger partial charge in [0.15, 0.2) is 11.5 Å². The van der Waals surface area contributed by atoms with Gasteiger partial charge in [-0.15, -0.1) is 0 Å². The summed E-state index contributed by atoms with van der Waals surface area (Å²) in [4.78, 5) is 38.2. The van der Waals surface area contributed by atoms with Gasteiger partial charge >= 0.3 is 6.18 Å². The molecular formula is C32H35F3N6O5. The molecule has 0 bridgehead atoms. The number of aromatic nitrogens is 3. The third-order valence-corrected chi connectivity index (χ3v) is 8.43. The number of carbonyl (C=O) groups is 1. The van der Waals surface area contributed by atoms with E-state index in [2.05, 4.69) is 10.3 Å². The van der Waals surface area contributed by atoms with Crippen LogP contribution in [0.1, 0.15) is 54.7 Å². The average molecular weight is 641 g/mol. The first-order valence-electron chi connectivity index (χ1n) is 15.2. The van der Waals surface area contributed by atoms with Crippen molar-refractivity contribution in [1.29, 1.82) is 0 Å². The summed E-state index contributed by atoms with van der Waals surface area (Å²) in [6.07, 6.45) is 4.94.